The molecule has 0 aliphatic rings. The van der Waals surface area contributed by atoms with Crippen molar-refractivity contribution in [2.75, 3.05) is 17.7 Å². The molecule has 2 N–H and O–H groups in total. The maximum absolute atomic E-state index is 10.9. The van der Waals surface area contributed by atoms with Crippen LogP contribution >= 0.6 is 11.8 Å². The summed E-state index contributed by atoms with van der Waals surface area (Å²) in [4.78, 5) is 16.4. The van der Waals surface area contributed by atoms with Gasteiger partial charge in [0.1, 0.15) is 10.8 Å². The molecule has 1 heterocycles. The van der Waals surface area contributed by atoms with Crippen LogP contribution < -0.4 is 10.6 Å². The zero-order chi connectivity index (χ0) is 13.7. The van der Waals surface area contributed by atoms with E-state index in [4.69, 9.17) is 0 Å². The average molecular weight is 273 g/mol. The Morgan fingerprint density at radius 3 is 2.53 bits per heavy atom. The fraction of sp³-hybridized carbons (Fsp3) is 0.143. The number of anilines is 2. The molecular weight excluding hydrogens is 258 g/mol. The van der Waals surface area contributed by atoms with Crippen LogP contribution in [-0.4, -0.2) is 17.9 Å². The summed E-state index contributed by atoms with van der Waals surface area (Å²) in [5, 5.41) is 6.68. The van der Waals surface area contributed by atoms with Crippen LogP contribution in [0, 0.1) is 0 Å². The van der Waals surface area contributed by atoms with Gasteiger partial charge in [0.25, 0.3) is 0 Å². The Hall–Kier alpha value is -2.01. The Labute approximate surface area is 116 Å². The Morgan fingerprint density at radius 1 is 1.16 bits per heavy atom. The molecule has 4 nitrogen and oxygen atoms in total. The molecule has 0 fully saturated rings. The van der Waals surface area contributed by atoms with Crippen LogP contribution in [-0.2, 0) is 4.79 Å². The zero-order valence-corrected chi connectivity index (χ0v) is 11.6. The average Bonchev–Trinajstić information content (AvgIpc) is 2.41. The first-order chi connectivity index (χ1) is 9.17. The molecule has 98 valence electrons. The van der Waals surface area contributed by atoms with Crippen LogP contribution in [0.5, 0.6) is 0 Å². The van der Waals surface area contributed by atoms with Crippen molar-refractivity contribution in [1.82, 2.24) is 4.98 Å². The molecule has 1 aromatic carbocycles. The third-order valence-electron chi connectivity index (χ3n) is 2.38. The molecule has 0 spiro atoms. The van der Waals surface area contributed by atoms with Gasteiger partial charge in [0, 0.05) is 24.6 Å². The van der Waals surface area contributed by atoms with Crippen LogP contribution in [0.2, 0.25) is 0 Å². The molecule has 0 radical (unpaired) electrons. The highest BCUT2D eigenvalue weighted by Crippen LogP contribution is 2.27. The van der Waals surface area contributed by atoms with Gasteiger partial charge in [-0.2, -0.15) is 0 Å². The number of hydrogen-bond donors (Lipinski definition) is 2. The first-order valence-electron chi connectivity index (χ1n) is 5.87. The van der Waals surface area contributed by atoms with E-state index in [1.807, 2.05) is 49.5 Å². The Balaban J connectivity index is 2.08. The minimum absolute atomic E-state index is 0.0659. The molecule has 2 aromatic rings. The third-order valence-corrected chi connectivity index (χ3v) is 3.32. The summed E-state index contributed by atoms with van der Waals surface area (Å²) < 4.78 is 0. The second-order valence-corrected chi connectivity index (χ2v) is 5.01. The second-order valence-electron chi connectivity index (χ2n) is 3.92. The first kappa shape index (κ1) is 13.4. The Morgan fingerprint density at radius 2 is 1.89 bits per heavy atom. The number of hydrogen-bond acceptors (Lipinski definition) is 4. The van der Waals surface area contributed by atoms with E-state index in [0.29, 0.717) is 0 Å². The molecule has 5 heteroatoms. The van der Waals surface area contributed by atoms with E-state index in [2.05, 4.69) is 15.6 Å². The van der Waals surface area contributed by atoms with Crippen molar-refractivity contribution >= 4 is 29.2 Å². The van der Waals surface area contributed by atoms with Crippen molar-refractivity contribution in [3.8, 4) is 0 Å². The highest BCUT2D eigenvalue weighted by atomic mass is 32.2. The number of benzene rings is 1. The lowest BCUT2D eigenvalue weighted by atomic mass is 10.3. The predicted octanol–water partition coefficient (Wildman–Crippen LogP) is 3.23. The van der Waals surface area contributed by atoms with E-state index in [9.17, 15) is 4.79 Å². The van der Waals surface area contributed by atoms with Gasteiger partial charge in [-0.3, -0.25) is 4.79 Å². The molecule has 0 bridgehead atoms. The number of pyridine rings is 1. The maximum Gasteiger partial charge on any atom is 0.221 e. The minimum Gasteiger partial charge on any atom is -0.373 e. The van der Waals surface area contributed by atoms with Crippen molar-refractivity contribution in [2.45, 2.75) is 16.8 Å². The number of amides is 1. The van der Waals surface area contributed by atoms with E-state index >= 15 is 0 Å². The fourth-order valence-corrected chi connectivity index (χ4v) is 2.35. The normalized spacial score (nSPS) is 10.0. The van der Waals surface area contributed by atoms with Crippen LogP contribution in [0.3, 0.4) is 0 Å². The summed E-state index contributed by atoms with van der Waals surface area (Å²) in [6.07, 6.45) is 0. The molecule has 0 atom stereocenters. The third kappa shape index (κ3) is 3.99. The quantitative estimate of drug-likeness (QED) is 0.898. The lowest BCUT2D eigenvalue weighted by Gasteiger charge is -2.05. The largest absolute Gasteiger partial charge is 0.373 e. The van der Waals surface area contributed by atoms with Gasteiger partial charge in [-0.15, -0.1) is 0 Å². The maximum atomic E-state index is 10.9. The number of carbonyl (C=O) groups is 1. The lowest BCUT2D eigenvalue weighted by molar-refractivity contribution is -0.114. The summed E-state index contributed by atoms with van der Waals surface area (Å²) in [5.41, 5.74) is 0.800. The molecule has 0 unspecified atom stereocenters. The van der Waals surface area contributed by atoms with Crippen LogP contribution in [0.1, 0.15) is 6.92 Å². The van der Waals surface area contributed by atoms with Crippen molar-refractivity contribution in [2.24, 2.45) is 0 Å². The van der Waals surface area contributed by atoms with Gasteiger partial charge in [-0.1, -0.05) is 17.8 Å². The van der Waals surface area contributed by atoms with Crippen LogP contribution in [0.25, 0.3) is 0 Å². The lowest BCUT2D eigenvalue weighted by Crippen LogP contribution is -2.05. The zero-order valence-electron chi connectivity index (χ0n) is 10.8. The topological polar surface area (TPSA) is 54.0 Å². The summed E-state index contributed by atoms with van der Waals surface area (Å²) in [5.74, 6) is 0.781. The van der Waals surface area contributed by atoms with Gasteiger partial charge in [0.2, 0.25) is 5.91 Å². The molecular formula is C14H15N3OS. The van der Waals surface area contributed by atoms with E-state index in [1.54, 1.807) is 11.8 Å². The molecule has 19 heavy (non-hydrogen) atoms. The first-order valence-corrected chi connectivity index (χ1v) is 6.69. The fourth-order valence-electron chi connectivity index (χ4n) is 1.54. The summed E-state index contributed by atoms with van der Waals surface area (Å²) in [7, 11) is 1.85. The molecule has 0 saturated carbocycles. The molecule has 0 aliphatic carbocycles. The SMILES string of the molecule is CNc1cccc(Sc2ccc(NC(C)=O)cc2)n1. The highest BCUT2D eigenvalue weighted by molar-refractivity contribution is 7.99. The number of carbonyl (C=O) groups excluding carboxylic acids is 1. The number of aromatic nitrogens is 1. The summed E-state index contributed by atoms with van der Waals surface area (Å²) in [6, 6.07) is 13.5. The number of rotatable bonds is 4. The van der Waals surface area contributed by atoms with Crippen molar-refractivity contribution < 1.29 is 4.79 Å². The van der Waals surface area contributed by atoms with E-state index in [0.717, 1.165) is 21.4 Å². The molecule has 0 saturated heterocycles. The second kappa shape index (κ2) is 6.24. The molecule has 2 rings (SSSR count). The smallest absolute Gasteiger partial charge is 0.221 e. The summed E-state index contributed by atoms with van der Waals surface area (Å²) >= 11 is 1.58. The highest BCUT2D eigenvalue weighted by Gasteiger charge is 2.01. The van der Waals surface area contributed by atoms with Gasteiger partial charge in [0.15, 0.2) is 0 Å². The Bertz CT molecular complexity index is 569. The van der Waals surface area contributed by atoms with Gasteiger partial charge >= 0.3 is 0 Å². The van der Waals surface area contributed by atoms with E-state index in [-0.39, 0.29) is 5.91 Å². The molecule has 1 aromatic heterocycles. The van der Waals surface area contributed by atoms with Gasteiger partial charge in [-0.25, -0.2) is 4.98 Å². The van der Waals surface area contributed by atoms with Gasteiger partial charge in [-0.05, 0) is 36.4 Å². The number of nitrogens with one attached hydrogen (secondary N) is 2. The van der Waals surface area contributed by atoms with Crippen LogP contribution in [0.15, 0.2) is 52.4 Å². The van der Waals surface area contributed by atoms with E-state index in [1.165, 1.54) is 6.92 Å². The van der Waals surface area contributed by atoms with Crippen molar-refractivity contribution in [3.05, 3.63) is 42.5 Å². The number of nitrogens with zero attached hydrogens (tertiary/aromatic N) is 1. The van der Waals surface area contributed by atoms with Crippen molar-refractivity contribution in [1.29, 1.82) is 0 Å². The standard InChI is InChI=1S/C14H15N3OS/c1-10(18)16-11-6-8-12(9-7-11)19-14-5-3-4-13(15-2)17-14/h3-9H,1-2H3,(H,15,17)(H,16,18). The Kier molecular flexibility index (Phi) is 4.41. The van der Waals surface area contributed by atoms with Crippen molar-refractivity contribution in [3.63, 3.8) is 0 Å². The van der Waals surface area contributed by atoms with Gasteiger partial charge in [0.05, 0.1) is 0 Å². The monoisotopic (exact) mass is 273 g/mol. The minimum atomic E-state index is -0.0659. The van der Waals surface area contributed by atoms with Gasteiger partial charge < -0.3 is 10.6 Å². The molecule has 1 amide bonds. The molecule has 0 aliphatic heterocycles. The predicted molar refractivity (Wildman–Crippen MR) is 78.7 cm³/mol. The summed E-state index contributed by atoms with van der Waals surface area (Å²) in [6.45, 7) is 1.50. The van der Waals surface area contributed by atoms with E-state index < -0.39 is 0 Å². The van der Waals surface area contributed by atoms with Crippen LogP contribution in [0.4, 0.5) is 11.5 Å².